The van der Waals surface area contributed by atoms with Gasteiger partial charge in [0.1, 0.15) is 6.61 Å². The molecule has 0 aliphatic carbocycles. The van der Waals surface area contributed by atoms with Crippen molar-refractivity contribution in [2.45, 2.75) is 12.5 Å². The molecule has 0 heterocycles. The largest absolute Gasteiger partial charge is 0.390 e. The summed E-state index contributed by atoms with van der Waals surface area (Å²) in [6.07, 6.45) is 2.63. The van der Waals surface area contributed by atoms with Crippen LogP contribution in [0.25, 0.3) is 0 Å². The minimum Gasteiger partial charge on any atom is -0.390 e. The molecular formula is C12H10Cl2F5O3P. The maximum atomic E-state index is 13.2. The van der Waals surface area contributed by atoms with E-state index < -0.39 is 54.0 Å². The van der Waals surface area contributed by atoms with Gasteiger partial charge in [-0.3, -0.25) is 0 Å². The Hall–Kier alpha value is -0.680. The van der Waals surface area contributed by atoms with E-state index >= 15 is 0 Å². The van der Waals surface area contributed by atoms with Crippen LogP contribution in [0.3, 0.4) is 0 Å². The predicted octanol–water partition coefficient (Wildman–Crippen LogP) is 3.62. The first-order chi connectivity index (χ1) is 10.6. The summed E-state index contributed by atoms with van der Waals surface area (Å²) in [7, 11) is 0. The topological polar surface area (TPSA) is 49.7 Å². The summed E-state index contributed by atoms with van der Waals surface area (Å²) in [5.74, 6) is -8.19. The van der Waals surface area contributed by atoms with E-state index in [0.29, 0.717) is 0 Å². The molecule has 0 aromatic heterocycles. The number of hydrogen-bond donors (Lipinski definition) is 2. The fourth-order valence-corrected chi connectivity index (χ4v) is 1.38. The van der Waals surface area contributed by atoms with Crippen molar-refractivity contribution in [3.05, 3.63) is 34.6 Å². The molecular weight excluding hydrogens is 389 g/mol. The minimum atomic E-state index is -2.24. The third kappa shape index (κ3) is 7.62. The molecule has 23 heavy (non-hydrogen) atoms. The van der Waals surface area contributed by atoms with Gasteiger partial charge in [-0.05, 0) is 22.5 Å². The van der Waals surface area contributed by atoms with Gasteiger partial charge >= 0.3 is 0 Å². The lowest BCUT2D eigenvalue weighted by molar-refractivity contribution is 0.0505. The molecule has 0 radical (unpaired) electrons. The van der Waals surface area contributed by atoms with Crippen LogP contribution in [0.1, 0.15) is 5.56 Å². The second kappa shape index (κ2) is 11.0. The van der Waals surface area contributed by atoms with Gasteiger partial charge in [0.25, 0.3) is 0 Å². The highest BCUT2D eigenvalue weighted by atomic mass is 35.9. The normalized spacial score (nSPS) is 11.7. The Morgan fingerprint density at radius 1 is 1.04 bits per heavy atom. The Kier molecular flexibility index (Phi) is 10.7. The second-order valence-electron chi connectivity index (χ2n) is 3.84. The average Bonchev–Trinajstić information content (AvgIpc) is 2.47. The van der Waals surface area contributed by atoms with Crippen LogP contribution >= 0.6 is 29.3 Å². The van der Waals surface area contributed by atoms with Crippen molar-refractivity contribution in [3.8, 4) is 12.3 Å². The molecule has 0 bridgehead atoms. The molecule has 3 nitrogen and oxygen atoms in total. The fourth-order valence-electron chi connectivity index (χ4n) is 1.38. The number of benzene rings is 1. The van der Waals surface area contributed by atoms with Gasteiger partial charge in [0.2, 0.25) is 12.7 Å². The molecule has 0 saturated carbocycles. The van der Waals surface area contributed by atoms with Crippen molar-refractivity contribution in [1.29, 1.82) is 0 Å². The smallest absolute Gasteiger partial charge is 0.222 e. The Balaban J connectivity index is 0.00000108. The van der Waals surface area contributed by atoms with E-state index in [2.05, 4.69) is 33.1 Å². The SMILES string of the molecule is C#CCOCC(O)Cc1c(F)c(F)c(F)c(F)c1F.OP(Cl)Cl. The van der Waals surface area contributed by atoms with E-state index in [9.17, 15) is 27.1 Å². The Morgan fingerprint density at radius 3 is 1.83 bits per heavy atom. The van der Waals surface area contributed by atoms with Crippen molar-refractivity contribution < 1.29 is 36.7 Å². The van der Waals surface area contributed by atoms with Crippen LogP contribution in [0.4, 0.5) is 22.0 Å². The number of terminal acetylenes is 1. The summed E-state index contributed by atoms with van der Waals surface area (Å²) < 4.78 is 69.6. The van der Waals surface area contributed by atoms with Crippen LogP contribution in [-0.2, 0) is 11.2 Å². The van der Waals surface area contributed by atoms with Crippen molar-refractivity contribution >= 4 is 29.3 Å². The van der Waals surface area contributed by atoms with E-state index in [0.717, 1.165) is 0 Å². The first-order valence-electron chi connectivity index (χ1n) is 5.63. The molecule has 1 rings (SSSR count). The number of rotatable bonds is 5. The first kappa shape index (κ1) is 22.3. The summed E-state index contributed by atoms with van der Waals surface area (Å²) in [5.41, 5.74) is -1.09. The number of hydrogen-bond acceptors (Lipinski definition) is 3. The molecule has 0 aliphatic heterocycles. The Morgan fingerprint density at radius 2 is 1.43 bits per heavy atom. The second-order valence-corrected chi connectivity index (χ2v) is 6.71. The lowest BCUT2D eigenvalue weighted by Gasteiger charge is -2.12. The van der Waals surface area contributed by atoms with Crippen LogP contribution in [0.15, 0.2) is 0 Å². The van der Waals surface area contributed by atoms with Gasteiger partial charge in [-0.15, -0.1) is 6.42 Å². The maximum Gasteiger partial charge on any atom is 0.222 e. The molecule has 130 valence electrons. The molecule has 2 N–H and O–H groups in total. The summed E-state index contributed by atoms with van der Waals surface area (Å²) in [6.45, 7) is -2.21. The van der Waals surface area contributed by atoms with Gasteiger partial charge < -0.3 is 14.7 Å². The van der Waals surface area contributed by atoms with Crippen molar-refractivity contribution in [3.63, 3.8) is 0 Å². The molecule has 0 amide bonds. The number of halogens is 7. The molecule has 0 fully saturated rings. The third-order valence-corrected chi connectivity index (χ3v) is 2.24. The highest BCUT2D eigenvalue weighted by Gasteiger charge is 2.26. The Bertz CT molecular complexity index is 537. The molecule has 0 saturated heterocycles. The van der Waals surface area contributed by atoms with Crippen LogP contribution in [0.2, 0.25) is 0 Å². The third-order valence-electron chi connectivity index (χ3n) is 2.24. The summed E-state index contributed by atoms with van der Waals surface area (Å²) in [4.78, 5) is 7.65. The van der Waals surface area contributed by atoms with Crippen molar-refractivity contribution in [2.75, 3.05) is 13.2 Å². The summed E-state index contributed by atoms with van der Waals surface area (Å²) in [5, 5.41) is 9.36. The molecule has 1 aromatic rings. The van der Waals surface area contributed by atoms with Gasteiger partial charge in [-0.25, -0.2) is 22.0 Å². The number of aliphatic hydroxyl groups excluding tert-OH is 1. The lowest BCUT2D eigenvalue weighted by atomic mass is 10.1. The predicted molar refractivity (Wildman–Crippen MR) is 76.4 cm³/mol. The van der Waals surface area contributed by atoms with E-state index in [1.807, 2.05) is 0 Å². The molecule has 0 spiro atoms. The van der Waals surface area contributed by atoms with Gasteiger partial charge in [-0.2, -0.15) is 0 Å². The summed E-state index contributed by atoms with van der Waals surface area (Å²) >= 11 is 9.32. The van der Waals surface area contributed by atoms with E-state index in [1.165, 1.54) is 0 Å². The zero-order valence-electron chi connectivity index (χ0n) is 11.2. The standard InChI is InChI=1S/C12H9F5O2.Cl2HOP/c1-2-3-19-5-6(18)4-7-8(13)10(15)12(17)11(16)9(7)14;1-4(2)3/h1,6,18H,3-5H2;3H. The molecule has 0 aliphatic rings. The fraction of sp³-hybridized carbons (Fsp3) is 0.333. The lowest BCUT2D eigenvalue weighted by Crippen LogP contribution is -2.21. The number of aliphatic hydroxyl groups is 1. The van der Waals surface area contributed by atoms with Gasteiger partial charge in [0.05, 0.1) is 12.7 Å². The van der Waals surface area contributed by atoms with Crippen LogP contribution in [0, 0.1) is 41.4 Å². The van der Waals surface area contributed by atoms with Crippen molar-refractivity contribution in [1.82, 2.24) is 0 Å². The molecule has 1 atom stereocenters. The first-order valence-corrected chi connectivity index (χ1v) is 8.74. The Labute approximate surface area is 139 Å². The van der Waals surface area contributed by atoms with Crippen LogP contribution in [-0.4, -0.2) is 29.3 Å². The van der Waals surface area contributed by atoms with E-state index in [4.69, 9.17) is 11.3 Å². The van der Waals surface area contributed by atoms with Crippen molar-refractivity contribution in [2.24, 2.45) is 0 Å². The van der Waals surface area contributed by atoms with Crippen LogP contribution in [0.5, 0.6) is 0 Å². The van der Waals surface area contributed by atoms with Gasteiger partial charge in [0, 0.05) is 12.0 Å². The van der Waals surface area contributed by atoms with Gasteiger partial charge in [-0.1, -0.05) is 5.92 Å². The van der Waals surface area contributed by atoms with Crippen LogP contribution < -0.4 is 0 Å². The highest BCUT2D eigenvalue weighted by Crippen LogP contribution is 2.40. The maximum absolute atomic E-state index is 13.2. The molecule has 1 unspecified atom stereocenters. The minimum absolute atomic E-state index is 0.145. The van der Waals surface area contributed by atoms with Gasteiger partial charge in [0.15, 0.2) is 23.3 Å². The van der Waals surface area contributed by atoms with E-state index in [1.54, 1.807) is 0 Å². The zero-order chi connectivity index (χ0) is 18.2. The molecule has 1 aromatic carbocycles. The highest BCUT2D eigenvalue weighted by molar-refractivity contribution is 7.99. The quantitative estimate of drug-likeness (QED) is 0.199. The van der Waals surface area contributed by atoms with E-state index in [-0.39, 0.29) is 13.2 Å². The average molecular weight is 399 g/mol. The molecule has 11 heteroatoms. The summed E-state index contributed by atoms with van der Waals surface area (Å²) in [6, 6.07) is 0. The zero-order valence-corrected chi connectivity index (χ0v) is 13.6. The number of ether oxygens (including phenoxy) is 1. The monoisotopic (exact) mass is 398 g/mol.